The molecule has 1 aliphatic rings. The number of carbonyl (C=O) groups is 1. The Labute approximate surface area is 178 Å². The van der Waals surface area contributed by atoms with Crippen LogP contribution >= 0.6 is 0 Å². The van der Waals surface area contributed by atoms with Crippen LogP contribution in [0.25, 0.3) is 16.6 Å². The molecule has 1 saturated heterocycles. The second-order valence-corrected chi connectivity index (χ2v) is 8.06. The van der Waals surface area contributed by atoms with Crippen LogP contribution in [0.2, 0.25) is 0 Å². The summed E-state index contributed by atoms with van der Waals surface area (Å²) in [5.74, 6) is -0.822. The van der Waals surface area contributed by atoms with Crippen molar-refractivity contribution in [2.45, 2.75) is 19.4 Å². The lowest BCUT2D eigenvalue weighted by Crippen LogP contribution is -2.29. The van der Waals surface area contributed by atoms with Crippen molar-refractivity contribution >= 4 is 33.8 Å². The number of halogens is 1. The molecule has 160 valence electrons. The number of nitrogens with one attached hydrogen (secondary N) is 2. The van der Waals surface area contributed by atoms with E-state index >= 15 is 0 Å². The molecule has 8 nitrogen and oxygen atoms in total. The van der Waals surface area contributed by atoms with Gasteiger partial charge in [0.15, 0.2) is 11.5 Å². The van der Waals surface area contributed by atoms with E-state index in [9.17, 15) is 9.18 Å². The van der Waals surface area contributed by atoms with Crippen LogP contribution in [0.1, 0.15) is 22.5 Å². The standard InChI is InChI=1S/C22H24FN7O/c1-13-9-30-11-15(8-18(23)21(30)25-13)26-22(31)16-4-5-19(17-12-28(3)27-20(16)17)29-7-6-14(10-29)24-2/h4-5,8-9,11-12,14,24H,6-7,10H2,1-3H3,(H,26,31)/t14-/m1/s1. The van der Waals surface area contributed by atoms with Gasteiger partial charge in [-0.1, -0.05) is 0 Å². The summed E-state index contributed by atoms with van der Waals surface area (Å²) in [6, 6.07) is 5.50. The number of carbonyl (C=O) groups excluding carboxylic acids is 1. The van der Waals surface area contributed by atoms with Crippen LogP contribution in [0.4, 0.5) is 15.8 Å². The van der Waals surface area contributed by atoms with Crippen LogP contribution in [0.3, 0.4) is 0 Å². The molecule has 0 radical (unpaired) electrons. The fraction of sp³-hybridized carbons (Fsp3) is 0.318. The van der Waals surface area contributed by atoms with E-state index < -0.39 is 5.82 Å². The highest BCUT2D eigenvalue weighted by atomic mass is 19.1. The van der Waals surface area contributed by atoms with Crippen molar-refractivity contribution in [3.05, 3.63) is 53.9 Å². The Hall–Kier alpha value is -3.46. The Morgan fingerprint density at radius 3 is 2.87 bits per heavy atom. The highest BCUT2D eigenvalue weighted by Gasteiger charge is 2.25. The number of rotatable bonds is 4. The number of pyridine rings is 1. The summed E-state index contributed by atoms with van der Waals surface area (Å²) in [5, 5.41) is 11.6. The Balaban J connectivity index is 1.49. The molecular formula is C22H24FN7O. The smallest absolute Gasteiger partial charge is 0.257 e. The molecule has 0 saturated carbocycles. The third kappa shape index (κ3) is 3.40. The molecule has 4 aromatic rings. The average molecular weight is 421 g/mol. The first-order valence-electron chi connectivity index (χ1n) is 10.3. The molecule has 2 N–H and O–H groups in total. The van der Waals surface area contributed by atoms with Crippen molar-refractivity contribution in [3.8, 4) is 0 Å². The van der Waals surface area contributed by atoms with Crippen LogP contribution in [0.5, 0.6) is 0 Å². The van der Waals surface area contributed by atoms with Gasteiger partial charge in [-0.2, -0.15) is 5.10 Å². The van der Waals surface area contributed by atoms with Gasteiger partial charge in [0.2, 0.25) is 0 Å². The van der Waals surface area contributed by atoms with E-state index in [2.05, 4.69) is 25.6 Å². The summed E-state index contributed by atoms with van der Waals surface area (Å²) in [5.41, 5.74) is 3.44. The summed E-state index contributed by atoms with van der Waals surface area (Å²) in [4.78, 5) is 19.6. The number of likely N-dealkylation sites (N-methyl/N-ethyl adjacent to an activating group) is 1. The van der Waals surface area contributed by atoms with Gasteiger partial charge in [0, 0.05) is 61.9 Å². The first kappa shape index (κ1) is 19.5. The van der Waals surface area contributed by atoms with Gasteiger partial charge in [-0.15, -0.1) is 0 Å². The minimum absolute atomic E-state index is 0.234. The molecule has 9 heteroatoms. The van der Waals surface area contributed by atoms with Crippen molar-refractivity contribution in [1.82, 2.24) is 24.5 Å². The molecule has 3 aromatic heterocycles. The number of aromatic nitrogens is 4. The first-order valence-corrected chi connectivity index (χ1v) is 10.3. The van der Waals surface area contributed by atoms with Gasteiger partial charge in [-0.25, -0.2) is 9.37 Å². The third-order valence-electron chi connectivity index (χ3n) is 5.83. The second-order valence-electron chi connectivity index (χ2n) is 8.06. The lowest BCUT2D eigenvalue weighted by molar-refractivity contribution is 0.102. The fourth-order valence-corrected chi connectivity index (χ4v) is 4.33. The first-order chi connectivity index (χ1) is 14.9. The molecule has 0 aliphatic carbocycles. The zero-order valence-corrected chi connectivity index (χ0v) is 17.7. The molecule has 1 aliphatic heterocycles. The zero-order chi connectivity index (χ0) is 21.7. The fourth-order valence-electron chi connectivity index (χ4n) is 4.33. The molecule has 5 rings (SSSR count). The number of anilines is 2. The Morgan fingerprint density at radius 2 is 2.10 bits per heavy atom. The SMILES string of the molecule is CN[C@@H]1CCN(c2ccc(C(=O)Nc3cc(F)c4nc(C)cn4c3)c3nn(C)cc23)C1. The second kappa shape index (κ2) is 7.35. The molecule has 1 atom stereocenters. The third-order valence-corrected chi connectivity index (χ3v) is 5.83. The van der Waals surface area contributed by atoms with E-state index in [-0.39, 0.29) is 11.6 Å². The van der Waals surface area contributed by atoms with Crippen molar-refractivity contribution < 1.29 is 9.18 Å². The minimum Gasteiger partial charge on any atom is -0.369 e. The van der Waals surface area contributed by atoms with Gasteiger partial charge in [-0.3, -0.25) is 9.48 Å². The molecule has 0 spiro atoms. The van der Waals surface area contributed by atoms with E-state index in [1.54, 1.807) is 34.5 Å². The number of amides is 1. The number of hydrogen-bond donors (Lipinski definition) is 2. The maximum Gasteiger partial charge on any atom is 0.257 e. The Bertz CT molecular complexity index is 1310. The number of imidazole rings is 1. The number of fused-ring (bicyclic) bond motifs is 2. The van der Waals surface area contributed by atoms with Gasteiger partial charge < -0.3 is 19.9 Å². The number of hydrogen-bond acceptors (Lipinski definition) is 5. The van der Waals surface area contributed by atoms with Gasteiger partial charge >= 0.3 is 0 Å². The van der Waals surface area contributed by atoms with Gasteiger partial charge in [0.05, 0.1) is 16.9 Å². The molecule has 1 fully saturated rings. The highest BCUT2D eigenvalue weighted by molar-refractivity contribution is 6.13. The van der Waals surface area contributed by atoms with E-state index in [0.29, 0.717) is 28.5 Å². The topological polar surface area (TPSA) is 79.5 Å². The molecule has 4 heterocycles. The van der Waals surface area contributed by atoms with E-state index in [1.807, 2.05) is 26.4 Å². The average Bonchev–Trinajstić information content (AvgIpc) is 3.44. The molecule has 0 bridgehead atoms. The van der Waals surface area contributed by atoms with Crippen LogP contribution < -0.4 is 15.5 Å². The summed E-state index contributed by atoms with van der Waals surface area (Å²) in [7, 11) is 3.82. The summed E-state index contributed by atoms with van der Waals surface area (Å²) in [6.45, 7) is 3.66. The van der Waals surface area contributed by atoms with Crippen LogP contribution in [-0.4, -0.2) is 51.3 Å². The van der Waals surface area contributed by atoms with Gasteiger partial charge in [0.25, 0.3) is 5.91 Å². The lowest BCUT2D eigenvalue weighted by Gasteiger charge is -2.20. The molecule has 1 aromatic carbocycles. The Kier molecular flexibility index (Phi) is 4.62. The van der Waals surface area contributed by atoms with E-state index in [0.717, 1.165) is 30.6 Å². The predicted molar refractivity (Wildman–Crippen MR) is 118 cm³/mol. The van der Waals surface area contributed by atoms with E-state index in [4.69, 9.17) is 0 Å². The molecule has 0 unspecified atom stereocenters. The molecule has 1 amide bonds. The van der Waals surface area contributed by atoms with Crippen LogP contribution in [0.15, 0.2) is 36.8 Å². The van der Waals surface area contributed by atoms with Crippen molar-refractivity contribution in [1.29, 1.82) is 0 Å². The number of aryl methyl sites for hydroxylation is 2. The van der Waals surface area contributed by atoms with Crippen molar-refractivity contribution in [2.75, 3.05) is 30.4 Å². The van der Waals surface area contributed by atoms with Gasteiger partial charge in [-0.05, 0) is 32.5 Å². The van der Waals surface area contributed by atoms with Crippen molar-refractivity contribution in [2.24, 2.45) is 7.05 Å². The molecule has 31 heavy (non-hydrogen) atoms. The number of nitrogens with zero attached hydrogens (tertiary/aromatic N) is 5. The summed E-state index contributed by atoms with van der Waals surface area (Å²) in [6.07, 6.45) is 6.38. The summed E-state index contributed by atoms with van der Waals surface area (Å²) < 4.78 is 17.7. The number of benzene rings is 1. The van der Waals surface area contributed by atoms with Crippen molar-refractivity contribution in [3.63, 3.8) is 0 Å². The zero-order valence-electron chi connectivity index (χ0n) is 17.7. The van der Waals surface area contributed by atoms with Crippen LogP contribution in [-0.2, 0) is 7.05 Å². The Morgan fingerprint density at radius 1 is 1.26 bits per heavy atom. The monoisotopic (exact) mass is 421 g/mol. The molecular weight excluding hydrogens is 397 g/mol. The maximum absolute atomic E-state index is 14.4. The van der Waals surface area contributed by atoms with Crippen LogP contribution in [0, 0.1) is 12.7 Å². The van der Waals surface area contributed by atoms with E-state index in [1.165, 1.54) is 6.07 Å². The quantitative estimate of drug-likeness (QED) is 0.530. The maximum atomic E-state index is 14.4. The summed E-state index contributed by atoms with van der Waals surface area (Å²) >= 11 is 0. The largest absolute Gasteiger partial charge is 0.369 e. The highest BCUT2D eigenvalue weighted by Crippen LogP contribution is 2.31. The minimum atomic E-state index is -0.489. The predicted octanol–water partition coefficient (Wildman–Crippen LogP) is 2.72. The normalized spacial score (nSPS) is 16.5. The lowest BCUT2D eigenvalue weighted by atomic mass is 10.1. The van der Waals surface area contributed by atoms with Gasteiger partial charge in [0.1, 0.15) is 5.52 Å².